The van der Waals surface area contributed by atoms with Crippen molar-refractivity contribution in [1.29, 1.82) is 0 Å². The number of hydrogen-bond acceptors (Lipinski definition) is 4. The Labute approximate surface area is 133 Å². The lowest BCUT2D eigenvalue weighted by atomic mass is 10.1. The summed E-state index contributed by atoms with van der Waals surface area (Å²) in [5.74, 6) is -2.89. The summed E-state index contributed by atoms with van der Waals surface area (Å²) in [6.07, 6.45) is -0.608. The van der Waals surface area contributed by atoms with Crippen LogP contribution < -0.4 is 16.4 Å². The third kappa shape index (κ3) is 6.09. The summed E-state index contributed by atoms with van der Waals surface area (Å²) in [6, 6.07) is 1.18. The molecule has 6 nitrogen and oxygen atoms in total. The number of nitrogens with two attached hydrogens (primary N) is 1. The highest BCUT2D eigenvalue weighted by atomic mass is 19.1. The smallest absolute Gasteiger partial charge is 0.407 e. The average Bonchev–Trinajstić information content (AvgIpc) is 2.37. The maximum Gasteiger partial charge on any atom is 0.407 e. The van der Waals surface area contributed by atoms with Gasteiger partial charge in [-0.2, -0.15) is 0 Å². The molecule has 2 amide bonds. The van der Waals surface area contributed by atoms with Crippen molar-refractivity contribution in [2.24, 2.45) is 5.73 Å². The number of nitrogens with one attached hydrogen (secondary N) is 2. The van der Waals surface area contributed by atoms with E-state index in [0.29, 0.717) is 6.07 Å². The number of hydrogen-bond donors (Lipinski definition) is 3. The number of anilines is 1. The van der Waals surface area contributed by atoms with Gasteiger partial charge < -0.3 is 21.1 Å². The van der Waals surface area contributed by atoms with Crippen LogP contribution in [0.25, 0.3) is 0 Å². The van der Waals surface area contributed by atoms with Crippen LogP contribution in [0, 0.1) is 11.6 Å². The molecular weight excluding hydrogens is 308 g/mol. The summed E-state index contributed by atoms with van der Waals surface area (Å²) >= 11 is 0. The molecule has 1 rings (SSSR count). The first-order valence-electron chi connectivity index (χ1n) is 7.02. The molecule has 0 aromatic heterocycles. The Morgan fingerprint density at radius 2 is 1.87 bits per heavy atom. The monoisotopic (exact) mass is 329 g/mol. The van der Waals surface area contributed by atoms with Gasteiger partial charge in [0, 0.05) is 18.7 Å². The Balaban J connectivity index is 2.67. The van der Waals surface area contributed by atoms with Gasteiger partial charge in [0.05, 0.1) is 11.3 Å². The van der Waals surface area contributed by atoms with Crippen molar-refractivity contribution in [1.82, 2.24) is 5.32 Å². The lowest BCUT2D eigenvalue weighted by Gasteiger charge is -2.21. The molecule has 23 heavy (non-hydrogen) atoms. The predicted molar refractivity (Wildman–Crippen MR) is 82.2 cm³/mol. The van der Waals surface area contributed by atoms with Crippen molar-refractivity contribution in [3.63, 3.8) is 0 Å². The van der Waals surface area contributed by atoms with Gasteiger partial charge in [-0.1, -0.05) is 0 Å². The summed E-state index contributed by atoms with van der Waals surface area (Å²) in [5.41, 5.74) is 3.89. The van der Waals surface area contributed by atoms with Gasteiger partial charge in [0.25, 0.3) is 5.91 Å². The summed E-state index contributed by atoms with van der Waals surface area (Å²) in [6.45, 7) is 7.00. The quantitative estimate of drug-likeness (QED) is 0.773. The Bertz CT molecular complexity index is 600. The SMILES string of the molecule is CC(CNC(=O)OC(C)(C)C)Nc1cc(C(N)=O)c(F)cc1F. The van der Waals surface area contributed by atoms with Crippen LogP contribution in [-0.4, -0.2) is 30.2 Å². The highest BCUT2D eigenvalue weighted by Gasteiger charge is 2.18. The van der Waals surface area contributed by atoms with Gasteiger partial charge in [-0.3, -0.25) is 4.79 Å². The normalized spacial score (nSPS) is 12.4. The molecule has 1 aromatic rings. The summed E-state index contributed by atoms with van der Waals surface area (Å²) in [7, 11) is 0. The van der Waals surface area contributed by atoms with Gasteiger partial charge in [0.2, 0.25) is 0 Å². The number of primary amides is 1. The topological polar surface area (TPSA) is 93.4 Å². The first kappa shape index (κ1) is 18.7. The van der Waals surface area contributed by atoms with E-state index >= 15 is 0 Å². The summed E-state index contributed by atoms with van der Waals surface area (Å²) in [5, 5.41) is 5.25. The maximum atomic E-state index is 13.7. The summed E-state index contributed by atoms with van der Waals surface area (Å²) in [4.78, 5) is 22.6. The van der Waals surface area contributed by atoms with Gasteiger partial charge >= 0.3 is 6.09 Å². The molecule has 0 spiro atoms. The third-order valence-corrected chi connectivity index (χ3v) is 2.68. The van der Waals surface area contributed by atoms with Crippen molar-refractivity contribution in [2.45, 2.75) is 39.3 Å². The second-order valence-corrected chi connectivity index (χ2v) is 6.10. The molecule has 128 valence electrons. The van der Waals surface area contributed by atoms with Crippen LogP contribution in [0.4, 0.5) is 19.3 Å². The number of alkyl carbamates (subject to hydrolysis) is 1. The number of carbonyl (C=O) groups is 2. The molecule has 1 unspecified atom stereocenters. The van der Waals surface area contributed by atoms with Gasteiger partial charge in [-0.25, -0.2) is 13.6 Å². The van der Waals surface area contributed by atoms with Crippen LogP contribution >= 0.6 is 0 Å². The maximum absolute atomic E-state index is 13.7. The van der Waals surface area contributed by atoms with Crippen LogP contribution in [0.3, 0.4) is 0 Å². The van der Waals surface area contributed by atoms with Crippen LogP contribution in [0.15, 0.2) is 12.1 Å². The zero-order valence-corrected chi connectivity index (χ0v) is 13.5. The second kappa shape index (κ2) is 7.26. The van der Waals surface area contributed by atoms with E-state index in [-0.39, 0.29) is 12.2 Å². The Kier molecular flexibility index (Phi) is 5.89. The van der Waals surface area contributed by atoms with Crippen molar-refractivity contribution in [3.05, 3.63) is 29.3 Å². The first-order valence-corrected chi connectivity index (χ1v) is 7.02. The lowest BCUT2D eigenvalue weighted by molar-refractivity contribution is 0.0526. The molecule has 0 bridgehead atoms. The van der Waals surface area contributed by atoms with E-state index in [4.69, 9.17) is 10.5 Å². The molecule has 0 aliphatic carbocycles. The first-order chi connectivity index (χ1) is 10.5. The molecule has 0 aliphatic rings. The molecule has 0 heterocycles. The molecule has 0 saturated carbocycles. The fraction of sp³-hybridized carbons (Fsp3) is 0.467. The predicted octanol–water partition coefficient (Wildman–Crippen LogP) is 2.39. The van der Waals surface area contributed by atoms with Crippen LogP contribution in [-0.2, 0) is 4.74 Å². The van der Waals surface area contributed by atoms with E-state index in [1.807, 2.05) is 0 Å². The molecule has 0 saturated heterocycles. The van der Waals surface area contributed by atoms with Crippen LogP contribution in [0.2, 0.25) is 0 Å². The number of ether oxygens (including phenoxy) is 1. The van der Waals surface area contributed by atoms with E-state index in [1.165, 1.54) is 0 Å². The van der Waals surface area contributed by atoms with E-state index < -0.39 is 40.8 Å². The number of amides is 2. The molecular formula is C15H21F2N3O3. The van der Waals surface area contributed by atoms with Crippen molar-refractivity contribution >= 4 is 17.7 Å². The van der Waals surface area contributed by atoms with Gasteiger partial charge in [-0.15, -0.1) is 0 Å². The molecule has 0 fully saturated rings. The molecule has 1 aromatic carbocycles. The fourth-order valence-electron chi connectivity index (χ4n) is 1.72. The van der Waals surface area contributed by atoms with Crippen LogP contribution in [0.5, 0.6) is 0 Å². The largest absolute Gasteiger partial charge is 0.444 e. The van der Waals surface area contributed by atoms with E-state index in [9.17, 15) is 18.4 Å². The van der Waals surface area contributed by atoms with Crippen LogP contribution in [0.1, 0.15) is 38.1 Å². The molecule has 0 aliphatic heterocycles. The Morgan fingerprint density at radius 3 is 2.39 bits per heavy atom. The number of rotatable bonds is 5. The zero-order valence-electron chi connectivity index (χ0n) is 13.5. The molecule has 0 radical (unpaired) electrons. The highest BCUT2D eigenvalue weighted by molar-refractivity contribution is 5.94. The Hall–Kier alpha value is -2.38. The van der Waals surface area contributed by atoms with Crippen molar-refractivity contribution in [3.8, 4) is 0 Å². The van der Waals surface area contributed by atoms with E-state index in [1.54, 1.807) is 27.7 Å². The minimum atomic E-state index is -1.03. The summed E-state index contributed by atoms with van der Waals surface area (Å²) < 4.78 is 32.2. The van der Waals surface area contributed by atoms with E-state index in [0.717, 1.165) is 6.07 Å². The van der Waals surface area contributed by atoms with E-state index in [2.05, 4.69) is 10.6 Å². The zero-order chi connectivity index (χ0) is 17.8. The van der Waals surface area contributed by atoms with Crippen molar-refractivity contribution < 1.29 is 23.1 Å². The average molecular weight is 329 g/mol. The fourth-order valence-corrected chi connectivity index (χ4v) is 1.72. The molecule has 1 atom stereocenters. The van der Waals surface area contributed by atoms with Gasteiger partial charge in [-0.05, 0) is 33.8 Å². The molecule has 8 heteroatoms. The number of halogens is 2. The second-order valence-electron chi connectivity index (χ2n) is 6.10. The standard InChI is InChI=1S/C15H21F2N3O3/c1-8(7-19-14(22)23-15(2,3)4)20-12-5-9(13(18)21)10(16)6-11(12)17/h5-6,8,20H,7H2,1-4H3,(H2,18,21)(H,19,22). The van der Waals surface area contributed by atoms with Gasteiger partial charge in [0.1, 0.15) is 17.2 Å². The Morgan fingerprint density at radius 1 is 1.26 bits per heavy atom. The van der Waals surface area contributed by atoms with Gasteiger partial charge in [0.15, 0.2) is 0 Å². The number of benzene rings is 1. The number of carbonyl (C=O) groups excluding carboxylic acids is 2. The molecule has 4 N–H and O–H groups in total. The minimum absolute atomic E-state index is 0.0845. The third-order valence-electron chi connectivity index (χ3n) is 2.68. The van der Waals surface area contributed by atoms with Crippen molar-refractivity contribution in [2.75, 3.05) is 11.9 Å². The minimum Gasteiger partial charge on any atom is -0.444 e. The highest BCUT2D eigenvalue weighted by Crippen LogP contribution is 2.20. The lowest BCUT2D eigenvalue weighted by Crippen LogP contribution is -2.38.